The monoisotopic (exact) mass is 343 g/mol. The molecule has 1 aromatic rings. The first-order valence-electron chi connectivity index (χ1n) is 6.35. The summed E-state index contributed by atoms with van der Waals surface area (Å²) in [4.78, 5) is 25.5. The molecule has 0 aliphatic carbocycles. The van der Waals surface area contributed by atoms with Gasteiger partial charge in [-0.2, -0.15) is 0 Å². The Morgan fingerprint density at radius 1 is 1.45 bits per heavy atom. The number of amides is 1. The van der Waals surface area contributed by atoms with E-state index in [1.54, 1.807) is 6.07 Å². The SMILES string of the molecule is COC(=O)C1CCCN(C(=O)c2c(F)cccc2Br)C1. The van der Waals surface area contributed by atoms with E-state index in [0.29, 0.717) is 23.9 Å². The zero-order valence-corrected chi connectivity index (χ0v) is 12.7. The fourth-order valence-electron chi connectivity index (χ4n) is 2.38. The van der Waals surface area contributed by atoms with Gasteiger partial charge in [-0.1, -0.05) is 6.07 Å². The first-order chi connectivity index (χ1) is 9.54. The van der Waals surface area contributed by atoms with Gasteiger partial charge in [0.05, 0.1) is 18.6 Å². The Morgan fingerprint density at radius 2 is 2.20 bits per heavy atom. The van der Waals surface area contributed by atoms with Crippen LogP contribution in [0, 0.1) is 11.7 Å². The molecule has 0 bridgehead atoms. The van der Waals surface area contributed by atoms with Crippen LogP contribution >= 0.6 is 15.9 Å². The average Bonchev–Trinajstić information content (AvgIpc) is 2.46. The van der Waals surface area contributed by atoms with E-state index in [4.69, 9.17) is 4.74 Å². The molecule has 108 valence electrons. The largest absolute Gasteiger partial charge is 0.469 e. The summed E-state index contributed by atoms with van der Waals surface area (Å²) < 4.78 is 18.9. The number of rotatable bonds is 2. The summed E-state index contributed by atoms with van der Waals surface area (Å²) in [5, 5.41) is 0. The minimum atomic E-state index is -0.565. The van der Waals surface area contributed by atoms with Crippen molar-refractivity contribution in [1.29, 1.82) is 0 Å². The number of methoxy groups -OCH3 is 1. The molecule has 2 rings (SSSR count). The number of piperidine rings is 1. The third kappa shape index (κ3) is 3.00. The van der Waals surface area contributed by atoms with E-state index < -0.39 is 11.7 Å². The molecule has 0 saturated carbocycles. The van der Waals surface area contributed by atoms with Gasteiger partial charge in [-0.05, 0) is 40.9 Å². The van der Waals surface area contributed by atoms with Gasteiger partial charge in [0.2, 0.25) is 0 Å². The molecule has 1 fully saturated rings. The van der Waals surface area contributed by atoms with E-state index in [-0.39, 0.29) is 24.0 Å². The Morgan fingerprint density at radius 3 is 2.85 bits per heavy atom. The smallest absolute Gasteiger partial charge is 0.310 e. The zero-order valence-electron chi connectivity index (χ0n) is 11.1. The van der Waals surface area contributed by atoms with Gasteiger partial charge in [0.15, 0.2) is 0 Å². The normalized spacial score (nSPS) is 18.8. The second-order valence-electron chi connectivity index (χ2n) is 4.71. The number of hydrogen-bond acceptors (Lipinski definition) is 3. The van der Waals surface area contributed by atoms with Crippen molar-refractivity contribution in [2.24, 2.45) is 5.92 Å². The van der Waals surface area contributed by atoms with Crippen LogP contribution in [0.2, 0.25) is 0 Å². The molecule has 1 heterocycles. The van der Waals surface area contributed by atoms with Crippen LogP contribution in [0.15, 0.2) is 22.7 Å². The molecule has 1 saturated heterocycles. The van der Waals surface area contributed by atoms with E-state index >= 15 is 0 Å². The lowest BCUT2D eigenvalue weighted by atomic mass is 9.97. The molecular formula is C14H15BrFNO3. The molecule has 20 heavy (non-hydrogen) atoms. The second kappa shape index (κ2) is 6.35. The van der Waals surface area contributed by atoms with Gasteiger partial charge in [0.25, 0.3) is 5.91 Å². The Bertz CT molecular complexity index is 515. The van der Waals surface area contributed by atoms with Crippen LogP contribution in [0.5, 0.6) is 0 Å². The van der Waals surface area contributed by atoms with E-state index in [1.807, 2.05) is 0 Å². The Balaban J connectivity index is 2.19. The summed E-state index contributed by atoms with van der Waals surface area (Å²) in [7, 11) is 1.33. The van der Waals surface area contributed by atoms with Gasteiger partial charge in [0, 0.05) is 17.6 Å². The maximum atomic E-state index is 13.8. The van der Waals surface area contributed by atoms with Crippen LogP contribution in [0.25, 0.3) is 0 Å². The van der Waals surface area contributed by atoms with E-state index in [1.165, 1.54) is 24.1 Å². The molecule has 1 aliphatic heterocycles. The molecule has 0 N–H and O–H groups in total. The Kier molecular flexibility index (Phi) is 4.75. The van der Waals surface area contributed by atoms with Crippen molar-refractivity contribution >= 4 is 27.8 Å². The molecule has 4 nitrogen and oxygen atoms in total. The summed E-state index contributed by atoms with van der Waals surface area (Å²) in [5.74, 6) is -1.62. The third-order valence-electron chi connectivity index (χ3n) is 3.42. The van der Waals surface area contributed by atoms with Crippen LogP contribution in [-0.4, -0.2) is 37.0 Å². The summed E-state index contributed by atoms with van der Waals surface area (Å²) in [6.07, 6.45) is 1.40. The van der Waals surface area contributed by atoms with Gasteiger partial charge in [-0.25, -0.2) is 4.39 Å². The zero-order chi connectivity index (χ0) is 14.7. The topological polar surface area (TPSA) is 46.6 Å². The summed E-state index contributed by atoms with van der Waals surface area (Å²) in [6.45, 7) is 0.791. The first-order valence-corrected chi connectivity index (χ1v) is 7.15. The third-order valence-corrected chi connectivity index (χ3v) is 4.08. The van der Waals surface area contributed by atoms with Gasteiger partial charge in [-0.3, -0.25) is 9.59 Å². The molecule has 1 atom stereocenters. The predicted octanol–water partition coefficient (Wildman–Crippen LogP) is 2.61. The van der Waals surface area contributed by atoms with Gasteiger partial charge >= 0.3 is 5.97 Å². The lowest BCUT2D eigenvalue weighted by Gasteiger charge is -2.31. The predicted molar refractivity (Wildman–Crippen MR) is 74.7 cm³/mol. The van der Waals surface area contributed by atoms with Crippen molar-refractivity contribution in [2.75, 3.05) is 20.2 Å². The van der Waals surface area contributed by atoms with Crippen LogP contribution < -0.4 is 0 Å². The number of esters is 1. The number of carbonyl (C=O) groups is 2. The van der Waals surface area contributed by atoms with Gasteiger partial charge in [-0.15, -0.1) is 0 Å². The van der Waals surface area contributed by atoms with Gasteiger partial charge < -0.3 is 9.64 Å². The maximum Gasteiger partial charge on any atom is 0.310 e. The Hall–Kier alpha value is -1.43. The average molecular weight is 344 g/mol. The summed E-state index contributed by atoms with van der Waals surface area (Å²) >= 11 is 3.19. The lowest BCUT2D eigenvalue weighted by Crippen LogP contribution is -2.43. The first kappa shape index (κ1) is 15.0. The highest BCUT2D eigenvalue weighted by Gasteiger charge is 2.31. The minimum Gasteiger partial charge on any atom is -0.469 e. The van der Waals surface area contributed by atoms with Crippen LogP contribution in [0.3, 0.4) is 0 Å². The molecule has 6 heteroatoms. The minimum absolute atomic E-state index is 0.0121. The highest BCUT2D eigenvalue weighted by Crippen LogP contribution is 2.25. The number of nitrogens with zero attached hydrogens (tertiary/aromatic N) is 1. The highest BCUT2D eigenvalue weighted by atomic mass is 79.9. The number of likely N-dealkylation sites (tertiary alicyclic amines) is 1. The molecule has 1 aromatic carbocycles. The second-order valence-corrected chi connectivity index (χ2v) is 5.56. The van der Waals surface area contributed by atoms with Crippen molar-refractivity contribution in [3.8, 4) is 0 Å². The molecule has 0 spiro atoms. The molecule has 1 unspecified atom stereocenters. The van der Waals surface area contributed by atoms with Crippen molar-refractivity contribution in [1.82, 2.24) is 4.90 Å². The molecule has 1 amide bonds. The van der Waals surface area contributed by atoms with Crippen LogP contribution in [0.4, 0.5) is 4.39 Å². The van der Waals surface area contributed by atoms with E-state index in [9.17, 15) is 14.0 Å². The van der Waals surface area contributed by atoms with Crippen molar-refractivity contribution < 1.29 is 18.7 Å². The number of halogens is 2. The standard InChI is InChI=1S/C14H15BrFNO3/c1-20-14(19)9-4-3-7-17(8-9)13(18)12-10(15)5-2-6-11(12)16/h2,5-6,9H,3-4,7-8H2,1H3. The van der Waals surface area contributed by atoms with Crippen LogP contribution in [-0.2, 0) is 9.53 Å². The fourth-order valence-corrected chi connectivity index (χ4v) is 2.89. The highest BCUT2D eigenvalue weighted by molar-refractivity contribution is 9.10. The maximum absolute atomic E-state index is 13.8. The number of hydrogen-bond donors (Lipinski definition) is 0. The fraction of sp³-hybridized carbons (Fsp3) is 0.429. The summed E-state index contributed by atoms with van der Waals surface area (Å²) in [6, 6.07) is 4.40. The van der Waals surface area contributed by atoms with E-state index in [2.05, 4.69) is 15.9 Å². The number of benzene rings is 1. The van der Waals surface area contributed by atoms with E-state index in [0.717, 1.165) is 0 Å². The molecule has 0 aromatic heterocycles. The quantitative estimate of drug-likeness (QED) is 0.775. The summed E-state index contributed by atoms with van der Waals surface area (Å²) in [5.41, 5.74) is 0.0121. The van der Waals surface area contributed by atoms with Crippen molar-refractivity contribution in [3.63, 3.8) is 0 Å². The van der Waals surface area contributed by atoms with Gasteiger partial charge in [0.1, 0.15) is 5.82 Å². The molecule has 1 aliphatic rings. The number of carbonyl (C=O) groups excluding carboxylic acids is 2. The Labute approximate surface area is 125 Å². The van der Waals surface area contributed by atoms with Crippen molar-refractivity contribution in [2.45, 2.75) is 12.8 Å². The molecular weight excluding hydrogens is 329 g/mol. The number of ether oxygens (including phenoxy) is 1. The molecule has 0 radical (unpaired) electrons. The van der Waals surface area contributed by atoms with Crippen molar-refractivity contribution in [3.05, 3.63) is 34.1 Å². The lowest BCUT2D eigenvalue weighted by molar-refractivity contribution is -0.146. The van der Waals surface area contributed by atoms with Crippen LogP contribution in [0.1, 0.15) is 23.2 Å².